The second-order valence-corrected chi connectivity index (χ2v) is 7.03. The van der Waals surface area contributed by atoms with Crippen LogP contribution in [0.15, 0.2) is 28.0 Å². The van der Waals surface area contributed by atoms with E-state index in [0.717, 1.165) is 38.4 Å². The largest absolute Gasteiger partial charge is 0.357 e. The van der Waals surface area contributed by atoms with Crippen molar-refractivity contribution in [3.63, 3.8) is 0 Å². The molecule has 0 amide bonds. The number of thiazole rings is 1. The molecule has 7 heteroatoms. The minimum atomic E-state index is 0. The van der Waals surface area contributed by atoms with Crippen molar-refractivity contribution in [1.29, 1.82) is 0 Å². The summed E-state index contributed by atoms with van der Waals surface area (Å²) in [5.41, 5.74) is 1.32. The Labute approximate surface area is 164 Å². The van der Waals surface area contributed by atoms with Crippen LogP contribution in [0.25, 0.3) is 0 Å². The quantitative estimate of drug-likeness (QED) is 0.382. The summed E-state index contributed by atoms with van der Waals surface area (Å²) in [6, 6.07) is 2.16. The number of thiophene rings is 1. The minimum absolute atomic E-state index is 0. The number of aryl methyl sites for hydroxylation is 1. The van der Waals surface area contributed by atoms with E-state index in [2.05, 4.69) is 52.9 Å². The van der Waals surface area contributed by atoms with Gasteiger partial charge in [0.1, 0.15) is 0 Å². The van der Waals surface area contributed by atoms with Gasteiger partial charge < -0.3 is 10.2 Å². The summed E-state index contributed by atoms with van der Waals surface area (Å²) < 4.78 is 0. The summed E-state index contributed by atoms with van der Waals surface area (Å²) in [4.78, 5) is 12.7. The van der Waals surface area contributed by atoms with Crippen LogP contribution < -0.4 is 5.32 Å². The Morgan fingerprint density at radius 2 is 2.22 bits per heavy atom. The normalized spacial score (nSPS) is 11.2. The monoisotopic (exact) mass is 464 g/mol. The van der Waals surface area contributed by atoms with Crippen LogP contribution in [0, 0.1) is 0 Å². The zero-order valence-electron chi connectivity index (χ0n) is 13.9. The number of rotatable bonds is 7. The first kappa shape index (κ1) is 20.4. The fourth-order valence-corrected chi connectivity index (χ4v) is 3.60. The van der Waals surface area contributed by atoms with E-state index in [-0.39, 0.29) is 24.0 Å². The Kier molecular flexibility index (Phi) is 9.73. The second-order valence-electron chi connectivity index (χ2n) is 5.05. The smallest absolute Gasteiger partial charge is 0.193 e. The lowest BCUT2D eigenvalue weighted by atomic mass is 10.3. The van der Waals surface area contributed by atoms with E-state index in [1.54, 1.807) is 22.7 Å². The highest BCUT2D eigenvalue weighted by Crippen LogP contribution is 2.14. The predicted octanol–water partition coefficient (Wildman–Crippen LogP) is 4.03. The van der Waals surface area contributed by atoms with Crippen LogP contribution in [0.5, 0.6) is 0 Å². The molecular formula is C16H25IN4S2. The molecule has 0 saturated heterocycles. The Morgan fingerprint density at radius 1 is 1.39 bits per heavy atom. The highest BCUT2D eigenvalue weighted by molar-refractivity contribution is 14.0. The van der Waals surface area contributed by atoms with Crippen LogP contribution in [-0.4, -0.2) is 36.0 Å². The molecule has 2 aromatic rings. The lowest BCUT2D eigenvalue weighted by Crippen LogP contribution is -2.38. The fourth-order valence-electron chi connectivity index (χ4n) is 2.09. The topological polar surface area (TPSA) is 40.5 Å². The highest BCUT2D eigenvalue weighted by Gasteiger charge is 2.07. The number of aliphatic imine (C=N–C) groups is 1. The number of aromatic nitrogens is 1. The Morgan fingerprint density at radius 3 is 2.83 bits per heavy atom. The van der Waals surface area contributed by atoms with Crippen molar-refractivity contribution in [2.45, 2.75) is 33.2 Å². The molecule has 0 aromatic carbocycles. The molecule has 0 radical (unpaired) electrons. The first-order valence-electron chi connectivity index (χ1n) is 7.67. The number of guanidine groups is 1. The van der Waals surface area contributed by atoms with Crippen LogP contribution >= 0.6 is 46.7 Å². The van der Waals surface area contributed by atoms with E-state index in [9.17, 15) is 0 Å². The third kappa shape index (κ3) is 6.76. The van der Waals surface area contributed by atoms with Gasteiger partial charge in [0.25, 0.3) is 0 Å². The van der Waals surface area contributed by atoms with Crippen LogP contribution in [0.1, 0.15) is 29.3 Å². The highest BCUT2D eigenvalue weighted by atomic mass is 127. The van der Waals surface area contributed by atoms with Gasteiger partial charge in [0.15, 0.2) is 5.96 Å². The Balaban J connectivity index is 0.00000264. The first-order chi connectivity index (χ1) is 10.7. The molecule has 0 bridgehead atoms. The minimum Gasteiger partial charge on any atom is -0.357 e. The summed E-state index contributed by atoms with van der Waals surface area (Å²) in [5.74, 6) is 0.959. The maximum absolute atomic E-state index is 4.73. The Hall–Kier alpha value is -0.670. The van der Waals surface area contributed by atoms with E-state index in [4.69, 9.17) is 4.99 Å². The molecule has 2 aromatic heterocycles. The van der Waals surface area contributed by atoms with Gasteiger partial charge in [0.05, 0.1) is 5.01 Å². The summed E-state index contributed by atoms with van der Waals surface area (Å²) in [6.45, 7) is 6.80. The van der Waals surface area contributed by atoms with Gasteiger partial charge in [0.2, 0.25) is 0 Å². The third-order valence-electron chi connectivity index (χ3n) is 3.23. The molecule has 0 saturated carbocycles. The summed E-state index contributed by atoms with van der Waals surface area (Å²) in [5, 5.41) is 8.83. The molecule has 0 spiro atoms. The van der Waals surface area contributed by atoms with Crippen molar-refractivity contribution in [1.82, 2.24) is 15.2 Å². The van der Waals surface area contributed by atoms with Crippen molar-refractivity contribution in [3.8, 4) is 0 Å². The zero-order valence-corrected chi connectivity index (χ0v) is 17.9. The molecule has 2 heterocycles. The van der Waals surface area contributed by atoms with Crippen LogP contribution in [0.2, 0.25) is 0 Å². The van der Waals surface area contributed by atoms with Crippen molar-refractivity contribution in [3.05, 3.63) is 38.5 Å². The molecule has 0 aliphatic heterocycles. The van der Waals surface area contributed by atoms with E-state index in [1.165, 1.54) is 15.4 Å². The molecule has 0 aliphatic carbocycles. The average molecular weight is 464 g/mol. The number of hydrogen-bond acceptors (Lipinski definition) is 4. The lowest BCUT2D eigenvalue weighted by Gasteiger charge is -2.21. The van der Waals surface area contributed by atoms with Gasteiger partial charge in [-0.15, -0.1) is 35.3 Å². The lowest BCUT2D eigenvalue weighted by molar-refractivity contribution is 0.478. The van der Waals surface area contributed by atoms with Gasteiger partial charge in [-0.05, 0) is 35.7 Å². The maximum atomic E-state index is 4.73. The van der Waals surface area contributed by atoms with Gasteiger partial charge in [-0.25, -0.2) is 4.98 Å². The number of nitrogens with zero attached hydrogens (tertiary/aromatic N) is 3. The van der Waals surface area contributed by atoms with Crippen LogP contribution in [-0.2, 0) is 19.4 Å². The molecule has 1 N–H and O–H groups in total. The third-order valence-corrected chi connectivity index (χ3v) is 5.17. The van der Waals surface area contributed by atoms with Crippen molar-refractivity contribution in [2.75, 3.05) is 20.1 Å². The van der Waals surface area contributed by atoms with E-state index in [0.29, 0.717) is 0 Å². The Bertz CT molecular complexity index is 581. The van der Waals surface area contributed by atoms with Crippen LogP contribution in [0.4, 0.5) is 0 Å². The van der Waals surface area contributed by atoms with Crippen LogP contribution in [0.3, 0.4) is 0 Å². The van der Waals surface area contributed by atoms with Gasteiger partial charge >= 0.3 is 0 Å². The van der Waals surface area contributed by atoms with Crippen molar-refractivity contribution >= 4 is 52.6 Å². The molecule has 4 nitrogen and oxygen atoms in total. The maximum Gasteiger partial charge on any atom is 0.193 e. The summed E-state index contributed by atoms with van der Waals surface area (Å²) >= 11 is 3.53. The molecule has 0 fully saturated rings. The molecule has 2 rings (SSSR count). The number of hydrogen-bond donors (Lipinski definition) is 1. The molecule has 0 unspecified atom stereocenters. The first-order valence-corrected chi connectivity index (χ1v) is 9.43. The number of halogens is 1. The molecule has 0 aliphatic rings. The molecule has 23 heavy (non-hydrogen) atoms. The molecule has 128 valence electrons. The SMILES string of the molecule is CCNC(=NCCc1ncc(CC)s1)N(C)Cc1ccsc1.I. The summed E-state index contributed by atoms with van der Waals surface area (Å²) in [6.07, 6.45) is 3.95. The van der Waals surface area contributed by atoms with Crippen molar-refractivity contribution in [2.24, 2.45) is 4.99 Å². The van der Waals surface area contributed by atoms with E-state index < -0.39 is 0 Å². The molecular weight excluding hydrogens is 439 g/mol. The van der Waals surface area contributed by atoms with Gasteiger partial charge in [0, 0.05) is 44.2 Å². The standard InChI is InChI=1S/C16H24N4S2.HI/c1-4-14-10-19-15(22-14)6-8-18-16(17-5-2)20(3)11-13-7-9-21-12-13;/h7,9-10,12H,4-6,8,11H2,1-3H3,(H,17,18);1H. The predicted molar refractivity (Wildman–Crippen MR) is 112 cm³/mol. The molecule has 0 atom stereocenters. The average Bonchev–Trinajstić information content (AvgIpc) is 3.17. The van der Waals surface area contributed by atoms with Gasteiger partial charge in [-0.2, -0.15) is 11.3 Å². The van der Waals surface area contributed by atoms with E-state index in [1.807, 2.05) is 6.20 Å². The van der Waals surface area contributed by atoms with Crippen molar-refractivity contribution < 1.29 is 0 Å². The van der Waals surface area contributed by atoms with Gasteiger partial charge in [-0.1, -0.05) is 6.92 Å². The van der Waals surface area contributed by atoms with Gasteiger partial charge in [-0.3, -0.25) is 4.99 Å². The number of nitrogens with one attached hydrogen (secondary N) is 1. The second kappa shape index (κ2) is 11.0. The zero-order chi connectivity index (χ0) is 15.8. The fraction of sp³-hybridized carbons (Fsp3) is 0.500. The van der Waals surface area contributed by atoms with E-state index >= 15 is 0 Å². The summed E-state index contributed by atoms with van der Waals surface area (Å²) in [7, 11) is 2.08.